The Morgan fingerprint density at radius 1 is 1.05 bits per heavy atom. The van der Waals surface area contributed by atoms with Crippen molar-refractivity contribution in [2.45, 2.75) is 24.9 Å². The first-order valence-corrected chi connectivity index (χ1v) is 8.15. The molecule has 2 aromatic rings. The van der Waals surface area contributed by atoms with E-state index in [9.17, 15) is 0 Å². The lowest BCUT2D eigenvalue weighted by atomic mass is 10.1. The largest absolute Gasteiger partial charge is 0.329 e. The van der Waals surface area contributed by atoms with E-state index in [-0.39, 0.29) is 0 Å². The van der Waals surface area contributed by atoms with Crippen LogP contribution >= 0.6 is 23.4 Å². The molecule has 0 aliphatic heterocycles. The van der Waals surface area contributed by atoms with Crippen LogP contribution in [0.1, 0.15) is 27.5 Å². The predicted molar refractivity (Wildman–Crippen MR) is 90.5 cm³/mol. The average molecular weight is 306 g/mol. The van der Waals surface area contributed by atoms with Gasteiger partial charge in [0, 0.05) is 22.6 Å². The molecule has 0 heterocycles. The summed E-state index contributed by atoms with van der Waals surface area (Å²) in [5.74, 6) is 0.979. The van der Waals surface area contributed by atoms with Crippen molar-refractivity contribution in [3.63, 3.8) is 0 Å². The summed E-state index contributed by atoms with van der Waals surface area (Å²) in [6, 6.07) is 14.7. The molecule has 0 amide bonds. The van der Waals surface area contributed by atoms with Gasteiger partial charge >= 0.3 is 0 Å². The molecule has 1 atom stereocenters. The molecule has 0 aliphatic carbocycles. The Balaban J connectivity index is 2.05. The SMILES string of the molecule is Cc1cc(C)cc(CSC(CN)c2ccc(Cl)cc2)c1. The summed E-state index contributed by atoms with van der Waals surface area (Å²) in [5.41, 5.74) is 11.1. The van der Waals surface area contributed by atoms with Crippen LogP contribution in [0, 0.1) is 13.8 Å². The maximum atomic E-state index is 5.93. The third-order valence-corrected chi connectivity index (χ3v) is 4.81. The van der Waals surface area contributed by atoms with Gasteiger partial charge in [-0.1, -0.05) is 53.1 Å². The number of hydrogen-bond donors (Lipinski definition) is 1. The van der Waals surface area contributed by atoms with Crippen molar-refractivity contribution in [2.75, 3.05) is 6.54 Å². The molecule has 3 heteroatoms. The van der Waals surface area contributed by atoms with Gasteiger partial charge in [0.15, 0.2) is 0 Å². The van der Waals surface area contributed by atoms with Gasteiger partial charge in [0.2, 0.25) is 0 Å². The van der Waals surface area contributed by atoms with Gasteiger partial charge in [-0.3, -0.25) is 0 Å². The fourth-order valence-electron chi connectivity index (χ4n) is 2.33. The average Bonchev–Trinajstić information content (AvgIpc) is 2.40. The zero-order chi connectivity index (χ0) is 14.5. The summed E-state index contributed by atoms with van der Waals surface area (Å²) < 4.78 is 0. The Morgan fingerprint density at radius 2 is 1.65 bits per heavy atom. The summed E-state index contributed by atoms with van der Waals surface area (Å²) >= 11 is 7.81. The van der Waals surface area contributed by atoms with Gasteiger partial charge in [-0.2, -0.15) is 0 Å². The molecule has 1 unspecified atom stereocenters. The summed E-state index contributed by atoms with van der Waals surface area (Å²) in [5, 5.41) is 1.08. The summed E-state index contributed by atoms with van der Waals surface area (Å²) in [6.45, 7) is 4.92. The highest BCUT2D eigenvalue weighted by Crippen LogP contribution is 2.31. The van der Waals surface area contributed by atoms with Crippen LogP contribution in [0.5, 0.6) is 0 Å². The fraction of sp³-hybridized carbons (Fsp3) is 0.294. The van der Waals surface area contributed by atoms with Gasteiger partial charge in [-0.05, 0) is 37.1 Å². The van der Waals surface area contributed by atoms with Crippen molar-refractivity contribution < 1.29 is 0 Å². The Labute approximate surface area is 130 Å². The molecule has 20 heavy (non-hydrogen) atoms. The Bertz CT molecular complexity index is 545. The fourth-order valence-corrected chi connectivity index (χ4v) is 3.50. The van der Waals surface area contributed by atoms with E-state index in [4.69, 9.17) is 17.3 Å². The summed E-state index contributed by atoms with van der Waals surface area (Å²) in [4.78, 5) is 0. The van der Waals surface area contributed by atoms with Crippen LogP contribution in [-0.2, 0) is 5.75 Å². The molecule has 2 N–H and O–H groups in total. The molecule has 2 aromatic carbocycles. The second-order valence-electron chi connectivity index (χ2n) is 5.08. The second kappa shape index (κ2) is 7.16. The molecule has 0 fully saturated rings. The van der Waals surface area contributed by atoms with Crippen molar-refractivity contribution in [3.8, 4) is 0 Å². The van der Waals surface area contributed by atoms with Gasteiger partial charge in [-0.15, -0.1) is 11.8 Å². The zero-order valence-electron chi connectivity index (χ0n) is 11.9. The number of rotatable bonds is 5. The first-order chi connectivity index (χ1) is 9.58. The lowest BCUT2D eigenvalue weighted by Gasteiger charge is -2.15. The number of benzene rings is 2. The minimum atomic E-state index is 0.313. The van der Waals surface area contributed by atoms with E-state index < -0.39 is 0 Å². The van der Waals surface area contributed by atoms with Crippen molar-refractivity contribution in [2.24, 2.45) is 5.73 Å². The molecule has 2 rings (SSSR count). The molecule has 0 saturated carbocycles. The molecule has 0 aliphatic rings. The topological polar surface area (TPSA) is 26.0 Å². The first kappa shape index (κ1) is 15.4. The van der Waals surface area contributed by atoms with Crippen molar-refractivity contribution in [1.29, 1.82) is 0 Å². The lowest BCUT2D eigenvalue weighted by Crippen LogP contribution is -2.09. The molecule has 0 aromatic heterocycles. The second-order valence-corrected chi connectivity index (χ2v) is 6.71. The maximum Gasteiger partial charge on any atom is 0.0423 e. The van der Waals surface area contributed by atoms with Crippen LogP contribution in [0.2, 0.25) is 5.02 Å². The molecule has 0 radical (unpaired) electrons. The highest BCUT2D eigenvalue weighted by molar-refractivity contribution is 7.98. The van der Waals surface area contributed by atoms with E-state index in [2.05, 4.69) is 44.2 Å². The first-order valence-electron chi connectivity index (χ1n) is 6.73. The van der Waals surface area contributed by atoms with E-state index >= 15 is 0 Å². The number of nitrogens with two attached hydrogens (primary N) is 1. The van der Waals surface area contributed by atoms with Gasteiger partial charge in [0.25, 0.3) is 0 Å². The lowest BCUT2D eigenvalue weighted by molar-refractivity contribution is 0.940. The number of halogens is 1. The van der Waals surface area contributed by atoms with Crippen LogP contribution in [0.4, 0.5) is 0 Å². The van der Waals surface area contributed by atoms with Crippen LogP contribution in [-0.4, -0.2) is 6.54 Å². The maximum absolute atomic E-state index is 5.93. The van der Waals surface area contributed by atoms with E-state index in [0.717, 1.165) is 10.8 Å². The quantitative estimate of drug-likeness (QED) is 0.851. The van der Waals surface area contributed by atoms with Crippen molar-refractivity contribution >= 4 is 23.4 Å². The third kappa shape index (κ3) is 4.27. The van der Waals surface area contributed by atoms with Crippen molar-refractivity contribution in [1.82, 2.24) is 0 Å². The van der Waals surface area contributed by atoms with Crippen LogP contribution < -0.4 is 5.73 Å². The Morgan fingerprint density at radius 3 is 2.20 bits per heavy atom. The smallest absolute Gasteiger partial charge is 0.0423 e. The van der Waals surface area contributed by atoms with E-state index in [1.165, 1.54) is 22.3 Å². The minimum absolute atomic E-state index is 0.313. The molecular formula is C17H20ClNS. The van der Waals surface area contributed by atoms with Gasteiger partial charge in [0.1, 0.15) is 0 Å². The van der Waals surface area contributed by atoms with E-state index in [1.807, 2.05) is 23.9 Å². The molecule has 1 nitrogen and oxygen atoms in total. The molecular weight excluding hydrogens is 286 g/mol. The highest BCUT2D eigenvalue weighted by atomic mass is 35.5. The van der Waals surface area contributed by atoms with Crippen LogP contribution in [0.3, 0.4) is 0 Å². The Hall–Kier alpha value is -0.960. The van der Waals surface area contributed by atoms with E-state index in [0.29, 0.717) is 11.8 Å². The van der Waals surface area contributed by atoms with E-state index in [1.54, 1.807) is 0 Å². The minimum Gasteiger partial charge on any atom is -0.329 e. The molecule has 0 saturated heterocycles. The van der Waals surface area contributed by atoms with Gasteiger partial charge in [-0.25, -0.2) is 0 Å². The standard InChI is InChI=1S/C17H20ClNS/c1-12-7-13(2)9-14(8-12)11-20-17(10-19)15-3-5-16(18)6-4-15/h3-9,17H,10-11,19H2,1-2H3. The van der Waals surface area contributed by atoms with Gasteiger partial charge < -0.3 is 5.73 Å². The molecule has 0 bridgehead atoms. The molecule has 106 valence electrons. The zero-order valence-corrected chi connectivity index (χ0v) is 13.5. The normalized spacial score (nSPS) is 12.4. The predicted octanol–water partition coefficient (Wildman–Crippen LogP) is 4.89. The van der Waals surface area contributed by atoms with Crippen LogP contribution in [0.15, 0.2) is 42.5 Å². The van der Waals surface area contributed by atoms with Crippen LogP contribution in [0.25, 0.3) is 0 Å². The third-order valence-electron chi connectivity index (χ3n) is 3.19. The van der Waals surface area contributed by atoms with Gasteiger partial charge in [0.05, 0.1) is 0 Å². The molecule has 0 spiro atoms. The number of hydrogen-bond acceptors (Lipinski definition) is 2. The highest BCUT2D eigenvalue weighted by Gasteiger charge is 2.10. The number of thioether (sulfide) groups is 1. The summed E-state index contributed by atoms with van der Waals surface area (Å²) in [7, 11) is 0. The summed E-state index contributed by atoms with van der Waals surface area (Å²) in [6.07, 6.45) is 0. The number of aryl methyl sites for hydroxylation is 2. The Kier molecular flexibility index (Phi) is 5.53. The monoisotopic (exact) mass is 305 g/mol. The van der Waals surface area contributed by atoms with Crippen molar-refractivity contribution in [3.05, 3.63) is 69.7 Å².